The third kappa shape index (κ3) is 5.28. The molecule has 0 bridgehead atoms. The van der Waals surface area contributed by atoms with E-state index in [4.69, 9.17) is 18.9 Å². The fraction of sp³-hybridized carbons (Fsp3) is 0.733. The van der Waals surface area contributed by atoms with E-state index < -0.39 is 111 Å². The quantitative estimate of drug-likeness (QED) is 0.218. The predicted octanol–water partition coefficient (Wildman–Crippen LogP) is 2.54. The molecule has 12 nitrogen and oxygen atoms in total. The molecule has 0 aromatic rings. The molecule has 4 saturated heterocycles. The SMILES string of the molecule is CC1C(=O)OC(=O)C1CC(C)(C)C1C(=O)OC(=O)C1CC(C)(C)C1C(=O)OC(=O)C1CC(C)(C)C1C(=O)OC(=O)C1C. The molecule has 0 saturated carbocycles. The highest BCUT2D eigenvalue weighted by Crippen LogP contribution is 2.53. The second-order valence-electron chi connectivity index (χ2n) is 14.4. The summed E-state index contributed by atoms with van der Waals surface area (Å²) in [5, 5.41) is 0. The average molecular weight is 591 g/mol. The van der Waals surface area contributed by atoms with Crippen molar-refractivity contribution in [2.24, 2.45) is 63.6 Å². The van der Waals surface area contributed by atoms with Gasteiger partial charge in [0, 0.05) is 0 Å². The molecule has 8 atom stereocenters. The van der Waals surface area contributed by atoms with E-state index in [1.54, 1.807) is 55.4 Å². The van der Waals surface area contributed by atoms with Gasteiger partial charge in [0.25, 0.3) is 0 Å². The first-order valence-corrected chi connectivity index (χ1v) is 14.2. The normalized spacial score (nSPS) is 34.2. The zero-order valence-electron chi connectivity index (χ0n) is 25.1. The zero-order valence-corrected chi connectivity index (χ0v) is 25.1. The fourth-order valence-electron chi connectivity index (χ4n) is 7.78. The predicted molar refractivity (Wildman–Crippen MR) is 139 cm³/mol. The van der Waals surface area contributed by atoms with Crippen molar-refractivity contribution in [2.75, 3.05) is 0 Å². The van der Waals surface area contributed by atoms with Crippen LogP contribution in [0.3, 0.4) is 0 Å². The molecule has 8 unspecified atom stereocenters. The van der Waals surface area contributed by atoms with Crippen LogP contribution >= 0.6 is 0 Å². The summed E-state index contributed by atoms with van der Waals surface area (Å²) in [4.78, 5) is 101. The van der Waals surface area contributed by atoms with Crippen LogP contribution in [0.1, 0.15) is 74.7 Å². The summed E-state index contributed by atoms with van der Waals surface area (Å²) >= 11 is 0. The number of carbonyl (C=O) groups is 8. The van der Waals surface area contributed by atoms with E-state index in [9.17, 15) is 38.4 Å². The highest BCUT2D eigenvalue weighted by Gasteiger charge is 2.60. The molecule has 0 aliphatic carbocycles. The Balaban J connectivity index is 1.59. The van der Waals surface area contributed by atoms with Gasteiger partial charge in [-0.1, -0.05) is 55.4 Å². The maximum atomic E-state index is 13.1. The molecule has 4 fully saturated rings. The summed E-state index contributed by atoms with van der Waals surface area (Å²) in [7, 11) is 0. The number of cyclic esters (lactones) is 8. The van der Waals surface area contributed by atoms with Crippen LogP contribution in [0.4, 0.5) is 0 Å². The molecule has 0 N–H and O–H groups in total. The molecule has 4 heterocycles. The molecule has 230 valence electrons. The lowest BCUT2D eigenvalue weighted by Crippen LogP contribution is -2.42. The molecule has 0 amide bonds. The minimum absolute atomic E-state index is 0.0282. The smallest absolute Gasteiger partial charge is 0.318 e. The van der Waals surface area contributed by atoms with Crippen molar-refractivity contribution < 1.29 is 57.3 Å². The van der Waals surface area contributed by atoms with Gasteiger partial charge in [0.1, 0.15) is 0 Å². The number of ether oxygens (including phenoxy) is 4. The second kappa shape index (κ2) is 10.4. The van der Waals surface area contributed by atoms with E-state index in [1.807, 2.05) is 0 Å². The van der Waals surface area contributed by atoms with Crippen LogP contribution in [-0.2, 0) is 57.3 Å². The van der Waals surface area contributed by atoms with Gasteiger partial charge in [-0.15, -0.1) is 0 Å². The Morgan fingerprint density at radius 2 is 0.690 bits per heavy atom. The Kier molecular flexibility index (Phi) is 7.78. The number of esters is 8. The van der Waals surface area contributed by atoms with Crippen LogP contribution in [0.5, 0.6) is 0 Å². The zero-order chi connectivity index (χ0) is 31.7. The second-order valence-corrected chi connectivity index (χ2v) is 14.4. The lowest BCUT2D eigenvalue weighted by atomic mass is 9.59. The minimum Gasteiger partial charge on any atom is -0.393 e. The highest BCUT2D eigenvalue weighted by molar-refractivity contribution is 5.99. The third-order valence-corrected chi connectivity index (χ3v) is 9.89. The summed E-state index contributed by atoms with van der Waals surface area (Å²) in [5.41, 5.74) is -2.98. The molecule has 0 aromatic carbocycles. The fourth-order valence-corrected chi connectivity index (χ4v) is 7.78. The van der Waals surface area contributed by atoms with Gasteiger partial charge in [-0.2, -0.15) is 0 Å². The Bertz CT molecular complexity index is 1270. The Morgan fingerprint density at radius 1 is 0.405 bits per heavy atom. The number of rotatable bonds is 9. The van der Waals surface area contributed by atoms with Gasteiger partial charge in [-0.3, -0.25) is 38.4 Å². The van der Waals surface area contributed by atoms with Crippen LogP contribution < -0.4 is 0 Å². The molecule has 4 aliphatic rings. The van der Waals surface area contributed by atoms with Crippen LogP contribution in [0.2, 0.25) is 0 Å². The van der Waals surface area contributed by atoms with Crippen LogP contribution in [-0.4, -0.2) is 47.8 Å². The van der Waals surface area contributed by atoms with Crippen molar-refractivity contribution in [3.05, 3.63) is 0 Å². The number of hydrogen-bond donors (Lipinski definition) is 0. The van der Waals surface area contributed by atoms with Gasteiger partial charge < -0.3 is 18.9 Å². The molecule has 0 radical (unpaired) electrons. The standard InChI is InChI=1S/C30H38O12/c1-12-14(22(33)39-20(12)31)9-29(5,6)18-16(24(35)42-26(18)37)11-30(7,8)19-15(23(34)41-27(19)38)10-28(3,4)17-13(2)21(32)40-25(17)36/h12-19H,9-11H2,1-8H3. The molecule has 4 aliphatic heterocycles. The topological polar surface area (TPSA) is 173 Å². The van der Waals surface area contributed by atoms with E-state index in [-0.39, 0.29) is 19.3 Å². The van der Waals surface area contributed by atoms with E-state index in [1.165, 1.54) is 0 Å². The summed E-state index contributed by atoms with van der Waals surface area (Å²) in [6.07, 6.45) is 0.0826. The van der Waals surface area contributed by atoms with Crippen LogP contribution in [0, 0.1) is 63.6 Å². The van der Waals surface area contributed by atoms with Crippen LogP contribution in [0.15, 0.2) is 0 Å². The largest absolute Gasteiger partial charge is 0.393 e. The molecule has 12 heteroatoms. The maximum Gasteiger partial charge on any atom is 0.318 e. The lowest BCUT2D eigenvalue weighted by molar-refractivity contribution is -0.157. The molecular formula is C30H38O12. The van der Waals surface area contributed by atoms with E-state index >= 15 is 0 Å². The molecule has 0 aromatic heterocycles. The van der Waals surface area contributed by atoms with Gasteiger partial charge in [0.05, 0.1) is 47.3 Å². The summed E-state index contributed by atoms with van der Waals surface area (Å²) < 4.78 is 19.7. The van der Waals surface area contributed by atoms with Crippen LogP contribution in [0.25, 0.3) is 0 Å². The highest BCUT2D eigenvalue weighted by atomic mass is 16.6. The van der Waals surface area contributed by atoms with Gasteiger partial charge in [0.2, 0.25) is 0 Å². The van der Waals surface area contributed by atoms with Gasteiger partial charge >= 0.3 is 47.8 Å². The summed E-state index contributed by atoms with van der Waals surface area (Å²) in [6.45, 7) is 13.4. The van der Waals surface area contributed by atoms with E-state index in [2.05, 4.69) is 0 Å². The molecule has 42 heavy (non-hydrogen) atoms. The number of hydrogen-bond acceptors (Lipinski definition) is 12. The first-order valence-electron chi connectivity index (χ1n) is 14.2. The van der Waals surface area contributed by atoms with Crippen molar-refractivity contribution in [3.63, 3.8) is 0 Å². The maximum absolute atomic E-state index is 13.1. The number of carbonyl (C=O) groups excluding carboxylic acids is 8. The molecule has 0 spiro atoms. The van der Waals surface area contributed by atoms with Gasteiger partial charge in [-0.25, -0.2) is 0 Å². The van der Waals surface area contributed by atoms with Crippen molar-refractivity contribution >= 4 is 47.8 Å². The van der Waals surface area contributed by atoms with Gasteiger partial charge in [0.15, 0.2) is 0 Å². The van der Waals surface area contributed by atoms with Crippen molar-refractivity contribution in [3.8, 4) is 0 Å². The monoisotopic (exact) mass is 590 g/mol. The first kappa shape index (κ1) is 31.5. The van der Waals surface area contributed by atoms with Crippen molar-refractivity contribution in [1.29, 1.82) is 0 Å². The first-order chi connectivity index (χ1) is 19.2. The van der Waals surface area contributed by atoms with E-state index in [0.29, 0.717) is 0 Å². The third-order valence-electron chi connectivity index (χ3n) is 9.89. The Labute approximate surface area is 243 Å². The van der Waals surface area contributed by atoms with Crippen molar-refractivity contribution in [2.45, 2.75) is 74.7 Å². The van der Waals surface area contributed by atoms with E-state index in [0.717, 1.165) is 0 Å². The molecular weight excluding hydrogens is 552 g/mol. The lowest BCUT2D eigenvalue weighted by Gasteiger charge is -2.40. The summed E-state index contributed by atoms with van der Waals surface area (Å²) in [6, 6.07) is 0. The Hall–Kier alpha value is -3.44. The van der Waals surface area contributed by atoms with Gasteiger partial charge in [-0.05, 0) is 35.5 Å². The Morgan fingerprint density at radius 3 is 1.05 bits per heavy atom. The minimum atomic E-state index is -1.07. The summed E-state index contributed by atoms with van der Waals surface area (Å²) in [5.74, 6) is -12.9. The molecule has 4 rings (SSSR count). The average Bonchev–Trinajstić information content (AvgIpc) is 3.46. The van der Waals surface area contributed by atoms with Crippen molar-refractivity contribution in [1.82, 2.24) is 0 Å².